The summed E-state index contributed by atoms with van der Waals surface area (Å²) >= 11 is 1.21. The number of hydrogen-bond acceptors (Lipinski definition) is 6. The molecule has 1 atom stereocenters. The summed E-state index contributed by atoms with van der Waals surface area (Å²) in [5.41, 5.74) is 1.13. The van der Waals surface area contributed by atoms with Crippen LogP contribution in [0.2, 0.25) is 0 Å². The minimum atomic E-state index is -0.499. The molecule has 128 valence electrons. The lowest BCUT2D eigenvalue weighted by atomic mass is 10.1. The monoisotopic (exact) mass is 349 g/mol. The highest BCUT2D eigenvalue weighted by Crippen LogP contribution is 2.19. The largest absolute Gasteiger partial charge is 0.497 e. The number of aryl methyl sites for hydroxylation is 1. The molecule has 0 bridgehead atoms. The van der Waals surface area contributed by atoms with E-state index >= 15 is 0 Å². The summed E-state index contributed by atoms with van der Waals surface area (Å²) in [7, 11) is 1.57. The van der Waals surface area contributed by atoms with Crippen LogP contribution in [-0.2, 0) is 4.79 Å². The molecule has 1 heterocycles. The molecule has 0 saturated heterocycles. The Morgan fingerprint density at radius 2 is 2.12 bits per heavy atom. The van der Waals surface area contributed by atoms with Crippen LogP contribution in [0.3, 0.4) is 0 Å². The van der Waals surface area contributed by atoms with Crippen molar-refractivity contribution in [1.82, 2.24) is 15.3 Å². The number of nitrogens with zero attached hydrogens (tertiary/aromatic N) is 1. The number of aliphatic hydroxyl groups excluding tert-OH is 1. The highest BCUT2D eigenvalue weighted by molar-refractivity contribution is 7.99. The number of aromatic nitrogens is 2. The summed E-state index contributed by atoms with van der Waals surface area (Å²) in [5.74, 6) is 0.578. The van der Waals surface area contributed by atoms with E-state index in [1.807, 2.05) is 0 Å². The number of ether oxygens (including phenoxy) is 1. The molecule has 0 fully saturated rings. The number of amides is 1. The lowest BCUT2D eigenvalue weighted by molar-refractivity contribution is -0.119. The Bertz CT molecular complexity index is 746. The third-order valence-electron chi connectivity index (χ3n) is 3.34. The van der Waals surface area contributed by atoms with Crippen LogP contribution in [0.4, 0.5) is 0 Å². The quantitative estimate of drug-likeness (QED) is 0.509. The van der Waals surface area contributed by atoms with E-state index in [9.17, 15) is 14.7 Å². The van der Waals surface area contributed by atoms with Gasteiger partial charge < -0.3 is 20.1 Å². The van der Waals surface area contributed by atoms with Gasteiger partial charge in [0.05, 0.1) is 30.5 Å². The zero-order valence-electron chi connectivity index (χ0n) is 13.4. The molecule has 0 aliphatic carbocycles. The molecule has 3 N–H and O–H groups in total. The summed E-state index contributed by atoms with van der Waals surface area (Å²) < 4.78 is 5.08. The maximum atomic E-state index is 12.1. The summed E-state index contributed by atoms with van der Waals surface area (Å²) in [4.78, 5) is 29.5. The van der Waals surface area contributed by atoms with Crippen LogP contribution in [0.1, 0.15) is 17.2 Å². The van der Waals surface area contributed by atoms with Crippen molar-refractivity contribution >= 4 is 17.7 Å². The van der Waals surface area contributed by atoms with Gasteiger partial charge >= 0.3 is 5.69 Å². The number of aliphatic hydroxyl groups is 1. The lowest BCUT2D eigenvalue weighted by Crippen LogP contribution is -2.32. The van der Waals surface area contributed by atoms with E-state index in [2.05, 4.69) is 15.3 Å². The first-order valence-electron chi connectivity index (χ1n) is 7.26. The van der Waals surface area contributed by atoms with Gasteiger partial charge in [0.15, 0.2) is 0 Å². The number of carbonyl (C=O) groups is 1. The second-order valence-corrected chi connectivity index (χ2v) is 6.05. The number of carbonyl (C=O) groups excluding carboxylic acids is 1. The van der Waals surface area contributed by atoms with Crippen LogP contribution in [0.5, 0.6) is 5.75 Å². The molecule has 1 aromatic heterocycles. The van der Waals surface area contributed by atoms with Gasteiger partial charge in [-0.15, -0.1) is 0 Å². The van der Waals surface area contributed by atoms with E-state index in [0.29, 0.717) is 10.8 Å². The maximum absolute atomic E-state index is 12.1. The SMILES string of the molecule is COc1ccc([C@H](CO)NC(=O)CSc2[nH]c(=O)ncc2C)cc1. The zero-order chi connectivity index (χ0) is 17.5. The molecule has 2 rings (SSSR count). The van der Waals surface area contributed by atoms with E-state index in [0.717, 1.165) is 11.1 Å². The predicted molar refractivity (Wildman–Crippen MR) is 91.3 cm³/mol. The Labute approximate surface area is 143 Å². The van der Waals surface area contributed by atoms with Gasteiger partial charge in [0, 0.05) is 6.20 Å². The molecule has 2 aromatic rings. The van der Waals surface area contributed by atoms with E-state index in [1.165, 1.54) is 18.0 Å². The molecule has 0 unspecified atom stereocenters. The van der Waals surface area contributed by atoms with Crippen LogP contribution in [0, 0.1) is 6.92 Å². The van der Waals surface area contributed by atoms with Crippen molar-refractivity contribution < 1.29 is 14.6 Å². The minimum Gasteiger partial charge on any atom is -0.497 e. The van der Waals surface area contributed by atoms with Crippen LogP contribution >= 0.6 is 11.8 Å². The minimum absolute atomic E-state index is 0.119. The topological polar surface area (TPSA) is 104 Å². The average molecular weight is 349 g/mol. The van der Waals surface area contributed by atoms with Crippen molar-refractivity contribution in [1.29, 1.82) is 0 Å². The Morgan fingerprint density at radius 3 is 2.75 bits per heavy atom. The van der Waals surface area contributed by atoms with Crippen LogP contribution in [0.15, 0.2) is 40.3 Å². The average Bonchev–Trinajstić information content (AvgIpc) is 2.60. The summed E-state index contributed by atoms with van der Waals surface area (Å²) in [6, 6.07) is 6.62. The zero-order valence-corrected chi connectivity index (χ0v) is 14.2. The van der Waals surface area contributed by atoms with Gasteiger partial charge in [0.25, 0.3) is 0 Å². The molecule has 0 aliphatic heterocycles. The van der Waals surface area contributed by atoms with E-state index < -0.39 is 11.7 Å². The highest BCUT2D eigenvalue weighted by atomic mass is 32.2. The fraction of sp³-hybridized carbons (Fsp3) is 0.312. The third kappa shape index (κ3) is 4.84. The number of aromatic amines is 1. The van der Waals surface area contributed by atoms with Gasteiger partial charge in [-0.2, -0.15) is 0 Å². The van der Waals surface area contributed by atoms with Crippen molar-refractivity contribution in [3.63, 3.8) is 0 Å². The molecule has 1 amide bonds. The second kappa shape index (κ2) is 8.51. The van der Waals surface area contributed by atoms with Gasteiger partial charge in [-0.3, -0.25) is 4.79 Å². The number of H-pyrrole nitrogens is 1. The molecule has 24 heavy (non-hydrogen) atoms. The second-order valence-electron chi connectivity index (χ2n) is 5.06. The van der Waals surface area contributed by atoms with Crippen LogP contribution < -0.4 is 15.7 Å². The highest BCUT2D eigenvalue weighted by Gasteiger charge is 2.14. The first kappa shape index (κ1) is 18.0. The molecule has 0 saturated carbocycles. The van der Waals surface area contributed by atoms with Crippen molar-refractivity contribution in [3.05, 3.63) is 52.1 Å². The Morgan fingerprint density at radius 1 is 1.42 bits per heavy atom. The van der Waals surface area contributed by atoms with Gasteiger partial charge in [-0.05, 0) is 30.2 Å². The van der Waals surface area contributed by atoms with Crippen molar-refractivity contribution in [2.24, 2.45) is 0 Å². The lowest BCUT2D eigenvalue weighted by Gasteiger charge is -2.17. The van der Waals surface area contributed by atoms with E-state index in [4.69, 9.17) is 4.74 Å². The third-order valence-corrected chi connectivity index (χ3v) is 4.46. The predicted octanol–water partition coefficient (Wildman–Crippen LogP) is 1.03. The number of methoxy groups -OCH3 is 1. The van der Waals surface area contributed by atoms with Crippen LogP contribution in [-0.4, -0.2) is 40.5 Å². The van der Waals surface area contributed by atoms with Gasteiger partial charge in [0.2, 0.25) is 5.91 Å². The number of thioether (sulfide) groups is 1. The summed E-state index contributed by atoms with van der Waals surface area (Å²) in [6.45, 7) is 1.59. The number of benzene rings is 1. The molecule has 0 aliphatic rings. The molecular weight excluding hydrogens is 330 g/mol. The van der Waals surface area contributed by atoms with Crippen molar-refractivity contribution in [2.45, 2.75) is 18.0 Å². The number of hydrogen-bond donors (Lipinski definition) is 3. The Kier molecular flexibility index (Phi) is 6.39. The first-order valence-corrected chi connectivity index (χ1v) is 8.25. The normalized spacial score (nSPS) is 11.8. The fourth-order valence-electron chi connectivity index (χ4n) is 2.04. The summed E-state index contributed by atoms with van der Waals surface area (Å²) in [5, 5.41) is 12.9. The molecule has 0 spiro atoms. The van der Waals surface area contributed by atoms with Crippen LogP contribution in [0.25, 0.3) is 0 Å². The van der Waals surface area contributed by atoms with Gasteiger partial charge in [-0.25, -0.2) is 9.78 Å². The van der Waals surface area contributed by atoms with E-state index in [1.54, 1.807) is 38.3 Å². The molecule has 7 nitrogen and oxygen atoms in total. The smallest absolute Gasteiger partial charge is 0.345 e. The molecular formula is C16H19N3O4S. The van der Waals surface area contributed by atoms with Gasteiger partial charge in [-0.1, -0.05) is 23.9 Å². The van der Waals surface area contributed by atoms with Crippen molar-refractivity contribution in [3.8, 4) is 5.75 Å². The van der Waals surface area contributed by atoms with Crippen molar-refractivity contribution in [2.75, 3.05) is 19.5 Å². The Hall–Kier alpha value is -2.32. The summed E-state index contributed by atoms with van der Waals surface area (Å²) in [6.07, 6.45) is 1.47. The maximum Gasteiger partial charge on any atom is 0.345 e. The molecule has 0 radical (unpaired) electrons. The van der Waals surface area contributed by atoms with Gasteiger partial charge in [0.1, 0.15) is 5.75 Å². The molecule has 8 heteroatoms. The van der Waals surface area contributed by atoms with E-state index in [-0.39, 0.29) is 18.3 Å². The number of nitrogens with one attached hydrogen (secondary N) is 2. The fourth-order valence-corrected chi connectivity index (χ4v) is 2.83. The standard InChI is InChI=1S/C16H19N3O4S/c1-10-7-17-16(22)19-15(10)24-9-14(21)18-13(8-20)11-3-5-12(23-2)6-4-11/h3-7,13,20H,8-9H2,1-2H3,(H,18,21)(H,17,19,22)/t13-/m0/s1. The molecule has 1 aromatic carbocycles. The number of rotatable bonds is 7. The first-order chi connectivity index (χ1) is 11.5. The Balaban J connectivity index is 1.96.